The molecule has 2 aliphatic carbocycles. The van der Waals surface area contributed by atoms with Crippen LogP contribution in [0.1, 0.15) is 51.0 Å². The molecule has 92 valence electrons. The van der Waals surface area contributed by atoms with E-state index in [0.717, 1.165) is 24.4 Å². The lowest BCUT2D eigenvalue weighted by Gasteiger charge is -2.13. The molecule has 1 unspecified atom stereocenters. The summed E-state index contributed by atoms with van der Waals surface area (Å²) in [4.78, 5) is 16.4. The average molecular weight is 250 g/mol. The molecule has 1 heterocycles. The number of carbonyl (C=O) groups is 1. The fourth-order valence-corrected chi connectivity index (χ4v) is 3.64. The third-order valence-electron chi connectivity index (χ3n) is 3.57. The summed E-state index contributed by atoms with van der Waals surface area (Å²) < 4.78 is 2.25. The number of carbonyl (C=O) groups excluding carboxylic acids is 1. The van der Waals surface area contributed by atoms with Crippen molar-refractivity contribution in [1.29, 1.82) is 0 Å². The van der Waals surface area contributed by atoms with Crippen molar-refractivity contribution in [3.05, 3.63) is 12.4 Å². The minimum Gasteiger partial charge on any atom is -0.323 e. The smallest absolute Gasteiger partial charge is 0.168 e. The molecule has 3 nitrogen and oxygen atoms in total. The van der Waals surface area contributed by atoms with Crippen molar-refractivity contribution < 1.29 is 4.79 Å². The predicted octanol–water partition coefficient (Wildman–Crippen LogP) is 3.21. The van der Waals surface area contributed by atoms with Crippen LogP contribution in [0.4, 0.5) is 0 Å². The second kappa shape index (κ2) is 4.84. The van der Waals surface area contributed by atoms with Gasteiger partial charge in [0.1, 0.15) is 5.78 Å². The number of hydrogen-bond donors (Lipinski definition) is 0. The molecule has 0 amide bonds. The molecular formula is C13H18N2OS. The van der Waals surface area contributed by atoms with Gasteiger partial charge >= 0.3 is 0 Å². The molecule has 0 radical (unpaired) electrons. The second-order valence-corrected chi connectivity index (χ2v) is 6.19. The van der Waals surface area contributed by atoms with Crippen LogP contribution < -0.4 is 0 Å². The Kier molecular flexibility index (Phi) is 3.23. The van der Waals surface area contributed by atoms with E-state index in [1.54, 1.807) is 11.8 Å². The van der Waals surface area contributed by atoms with Gasteiger partial charge in [-0.05, 0) is 25.7 Å². The van der Waals surface area contributed by atoms with Gasteiger partial charge in [-0.15, -0.1) is 0 Å². The molecule has 17 heavy (non-hydrogen) atoms. The lowest BCUT2D eigenvalue weighted by atomic mass is 10.2. The van der Waals surface area contributed by atoms with Gasteiger partial charge in [-0.1, -0.05) is 24.6 Å². The maximum Gasteiger partial charge on any atom is 0.168 e. The van der Waals surface area contributed by atoms with E-state index in [0.29, 0.717) is 11.8 Å². The number of Topliss-reactive ketones (excluding diaryl/α,β-unsaturated/α-hetero) is 1. The number of rotatable bonds is 3. The number of hydrogen-bond acceptors (Lipinski definition) is 3. The molecule has 1 aromatic heterocycles. The van der Waals surface area contributed by atoms with Gasteiger partial charge in [0, 0.05) is 24.9 Å². The molecule has 0 bridgehead atoms. The van der Waals surface area contributed by atoms with Gasteiger partial charge in [0.2, 0.25) is 0 Å². The van der Waals surface area contributed by atoms with Crippen LogP contribution in [0.25, 0.3) is 0 Å². The zero-order valence-corrected chi connectivity index (χ0v) is 10.8. The fourth-order valence-electron chi connectivity index (χ4n) is 2.40. The van der Waals surface area contributed by atoms with Crippen molar-refractivity contribution in [1.82, 2.24) is 9.55 Å². The van der Waals surface area contributed by atoms with Crippen LogP contribution in [-0.2, 0) is 4.79 Å². The molecule has 2 saturated carbocycles. The maximum absolute atomic E-state index is 12.0. The first-order valence-corrected chi connectivity index (χ1v) is 7.45. The summed E-state index contributed by atoms with van der Waals surface area (Å²) in [7, 11) is 0. The summed E-state index contributed by atoms with van der Waals surface area (Å²) in [5, 5.41) is 1.20. The Morgan fingerprint density at radius 3 is 2.94 bits per heavy atom. The second-order valence-electron chi connectivity index (χ2n) is 5.02. The summed E-state index contributed by atoms with van der Waals surface area (Å²) in [6.45, 7) is 0. The Morgan fingerprint density at radius 1 is 1.24 bits per heavy atom. The van der Waals surface area contributed by atoms with Gasteiger partial charge in [-0.3, -0.25) is 4.79 Å². The third-order valence-corrected chi connectivity index (χ3v) is 4.88. The molecular weight excluding hydrogens is 232 g/mol. The van der Waals surface area contributed by atoms with Crippen LogP contribution in [0.2, 0.25) is 0 Å². The summed E-state index contributed by atoms with van der Waals surface area (Å²) in [5.74, 6) is 0.429. The van der Waals surface area contributed by atoms with E-state index < -0.39 is 0 Å². The Morgan fingerprint density at radius 2 is 2.12 bits per heavy atom. The Hall–Kier alpha value is -0.770. The van der Waals surface area contributed by atoms with Crippen LogP contribution in [0.15, 0.2) is 17.6 Å². The summed E-state index contributed by atoms with van der Waals surface area (Å²) in [6.07, 6.45) is 11.7. The Balaban J connectivity index is 1.71. The SMILES string of the molecule is O=C1CCCCCC1Sc1nccn1C1CC1. The fraction of sp³-hybridized carbons (Fsp3) is 0.692. The molecule has 0 saturated heterocycles. The van der Waals surface area contributed by atoms with Gasteiger partial charge in [0.25, 0.3) is 0 Å². The summed E-state index contributed by atoms with van der Waals surface area (Å²) in [5.41, 5.74) is 0. The molecule has 2 aliphatic rings. The number of thioether (sulfide) groups is 1. The van der Waals surface area contributed by atoms with E-state index in [1.807, 2.05) is 6.20 Å². The van der Waals surface area contributed by atoms with E-state index >= 15 is 0 Å². The highest BCUT2D eigenvalue weighted by atomic mass is 32.2. The lowest BCUT2D eigenvalue weighted by molar-refractivity contribution is -0.118. The highest BCUT2D eigenvalue weighted by molar-refractivity contribution is 8.00. The minimum absolute atomic E-state index is 0.150. The molecule has 3 rings (SSSR count). The first kappa shape index (κ1) is 11.3. The van der Waals surface area contributed by atoms with E-state index in [1.165, 1.54) is 25.7 Å². The van der Waals surface area contributed by atoms with Crippen LogP contribution in [0.3, 0.4) is 0 Å². The quantitative estimate of drug-likeness (QED) is 0.773. The highest BCUT2D eigenvalue weighted by Gasteiger charge is 2.28. The molecule has 4 heteroatoms. The van der Waals surface area contributed by atoms with Gasteiger partial charge in [0.15, 0.2) is 5.16 Å². The number of ketones is 1. The van der Waals surface area contributed by atoms with E-state index in [-0.39, 0.29) is 5.25 Å². The van der Waals surface area contributed by atoms with Crippen molar-refractivity contribution in [3.63, 3.8) is 0 Å². The predicted molar refractivity (Wildman–Crippen MR) is 68.2 cm³/mol. The van der Waals surface area contributed by atoms with Gasteiger partial charge < -0.3 is 4.57 Å². The normalized spacial score (nSPS) is 25.9. The van der Waals surface area contributed by atoms with Crippen LogP contribution in [0.5, 0.6) is 0 Å². The number of nitrogens with zero attached hydrogens (tertiary/aromatic N) is 2. The van der Waals surface area contributed by atoms with Crippen molar-refractivity contribution in [2.75, 3.05) is 0 Å². The standard InChI is InChI=1S/C13H18N2OS/c16-11-4-2-1-3-5-12(11)17-13-14-8-9-15(13)10-6-7-10/h8-10,12H,1-7H2. The summed E-state index contributed by atoms with van der Waals surface area (Å²) in [6, 6.07) is 0.654. The molecule has 0 aromatic carbocycles. The molecule has 0 N–H and O–H groups in total. The Bertz CT molecular complexity index is 411. The van der Waals surface area contributed by atoms with Crippen LogP contribution >= 0.6 is 11.8 Å². The number of aromatic nitrogens is 2. The molecule has 1 atom stereocenters. The van der Waals surface area contributed by atoms with E-state index in [9.17, 15) is 4.79 Å². The minimum atomic E-state index is 0.150. The number of imidazole rings is 1. The largest absolute Gasteiger partial charge is 0.323 e. The first-order chi connectivity index (χ1) is 8.34. The van der Waals surface area contributed by atoms with Gasteiger partial charge in [0.05, 0.1) is 5.25 Å². The zero-order chi connectivity index (χ0) is 11.7. The summed E-state index contributed by atoms with van der Waals surface area (Å²) >= 11 is 1.69. The Labute approximate surface area is 106 Å². The topological polar surface area (TPSA) is 34.9 Å². The van der Waals surface area contributed by atoms with Gasteiger partial charge in [-0.25, -0.2) is 4.98 Å². The van der Waals surface area contributed by atoms with E-state index in [2.05, 4.69) is 15.7 Å². The van der Waals surface area contributed by atoms with Gasteiger partial charge in [-0.2, -0.15) is 0 Å². The average Bonchev–Trinajstić information content (AvgIpc) is 3.09. The van der Waals surface area contributed by atoms with Crippen LogP contribution in [-0.4, -0.2) is 20.6 Å². The van der Waals surface area contributed by atoms with Crippen molar-refractivity contribution in [3.8, 4) is 0 Å². The first-order valence-electron chi connectivity index (χ1n) is 6.57. The van der Waals surface area contributed by atoms with Crippen molar-refractivity contribution in [2.24, 2.45) is 0 Å². The molecule has 2 fully saturated rings. The van der Waals surface area contributed by atoms with Crippen molar-refractivity contribution >= 4 is 17.5 Å². The third kappa shape index (κ3) is 2.57. The van der Waals surface area contributed by atoms with Crippen molar-refractivity contribution in [2.45, 2.75) is 61.4 Å². The van der Waals surface area contributed by atoms with E-state index in [4.69, 9.17) is 0 Å². The lowest BCUT2D eigenvalue weighted by Crippen LogP contribution is -2.15. The molecule has 0 spiro atoms. The molecule has 1 aromatic rings. The zero-order valence-electron chi connectivity index (χ0n) is 9.97. The molecule has 0 aliphatic heterocycles. The van der Waals surface area contributed by atoms with Crippen LogP contribution in [0, 0.1) is 0 Å². The monoisotopic (exact) mass is 250 g/mol. The highest BCUT2D eigenvalue weighted by Crippen LogP contribution is 2.39. The maximum atomic E-state index is 12.0.